The molecular weight excluding hydrogens is 318 g/mol. The Morgan fingerprint density at radius 2 is 1.92 bits per heavy atom. The van der Waals surface area contributed by atoms with Crippen molar-refractivity contribution < 1.29 is 4.79 Å². The van der Waals surface area contributed by atoms with E-state index in [1.807, 2.05) is 42.5 Å². The molecule has 2 heterocycles. The average molecular weight is 333 g/mol. The maximum Gasteiger partial charge on any atom is 0.264 e. The Balaban J connectivity index is 1.62. The molecule has 0 unspecified atom stereocenters. The van der Waals surface area contributed by atoms with Gasteiger partial charge in [-0.3, -0.25) is 18.8 Å². The number of nitrogens with one attached hydrogen (secondary N) is 1. The minimum Gasteiger partial charge on any atom is -0.324 e. The van der Waals surface area contributed by atoms with Crippen molar-refractivity contribution in [2.45, 2.75) is 6.54 Å². The van der Waals surface area contributed by atoms with Gasteiger partial charge in [0.1, 0.15) is 18.3 Å². The first-order valence-electron chi connectivity index (χ1n) is 7.78. The fraction of sp³-hybridized carbons (Fsp3) is 0.111. The molecule has 2 aromatic heterocycles. The van der Waals surface area contributed by atoms with Crippen LogP contribution in [0, 0.1) is 0 Å². The molecule has 1 N–H and O–H groups in total. The normalized spacial score (nSPS) is 11.1. The first kappa shape index (κ1) is 15.1. The van der Waals surface area contributed by atoms with Crippen molar-refractivity contribution in [1.29, 1.82) is 0 Å². The molecule has 4 aromatic rings. The summed E-state index contributed by atoms with van der Waals surface area (Å²) in [7, 11) is 1.71. The summed E-state index contributed by atoms with van der Waals surface area (Å²) in [6.07, 6.45) is 2.83. The summed E-state index contributed by atoms with van der Waals surface area (Å²) in [6, 6.07) is 13.5. The van der Waals surface area contributed by atoms with Gasteiger partial charge < -0.3 is 5.32 Å². The Bertz CT molecular complexity index is 1150. The number of aromatic nitrogens is 4. The lowest BCUT2D eigenvalue weighted by Crippen LogP contribution is -2.27. The number of carbonyl (C=O) groups excluding carboxylic acids is 1. The molecule has 0 radical (unpaired) electrons. The third-order valence-corrected chi connectivity index (χ3v) is 4.10. The molecule has 1 amide bonds. The van der Waals surface area contributed by atoms with Crippen LogP contribution in [0.4, 0.5) is 5.69 Å². The molecule has 7 nitrogen and oxygen atoms in total. The Morgan fingerprint density at radius 1 is 1.12 bits per heavy atom. The zero-order valence-electron chi connectivity index (χ0n) is 13.5. The SMILES string of the molecule is Cn1ncc2c(=O)n(CC(=O)Nc3cccc4ccccc34)cnc21. The highest BCUT2D eigenvalue weighted by Crippen LogP contribution is 2.22. The quantitative estimate of drug-likeness (QED) is 0.621. The van der Waals surface area contributed by atoms with E-state index in [-0.39, 0.29) is 18.0 Å². The van der Waals surface area contributed by atoms with E-state index >= 15 is 0 Å². The van der Waals surface area contributed by atoms with E-state index in [9.17, 15) is 9.59 Å². The van der Waals surface area contributed by atoms with Crippen molar-refractivity contribution >= 4 is 33.4 Å². The summed E-state index contributed by atoms with van der Waals surface area (Å²) in [6.45, 7) is -0.111. The summed E-state index contributed by atoms with van der Waals surface area (Å²) in [5, 5.41) is 9.27. The molecule has 0 saturated carbocycles. The first-order chi connectivity index (χ1) is 12.1. The Hall–Kier alpha value is -3.48. The summed E-state index contributed by atoms with van der Waals surface area (Å²) in [5.74, 6) is -0.288. The van der Waals surface area contributed by atoms with Crippen molar-refractivity contribution in [1.82, 2.24) is 19.3 Å². The number of carbonyl (C=O) groups is 1. The molecule has 2 aromatic carbocycles. The zero-order valence-corrected chi connectivity index (χ0v) is 13.5. The van der Waals surface area contributed by atoms with Crippen molar-refractivity contribution in [2.75, 3.05) is 5.32 Å². The van der Waals surface area contributed by atoms with E-state index in [1.54, 1.807) is 7.05 Å². The van der Waals surface area contributed by atoms with Gasteiger partial charge in [0, 0.05) is 18.1 Å². The number of rotatable bonds is 3. The molecule has 0 atom stereocenters. The average Bonchev–Trinajstić information content (AvgIpc) is 2.99. The monoisotopic (exact) mass is 333 g/mol. The predicted molar refractivity (Wildman–Crippen MR) is 95.3 cm³/mol. The van der Waals surface area contributed by atoms with Gasteiger partial charge in [-0.2, -0.15) is 5.10 Å². The van der Waals surface area contributed by atoms with E-state index in [1.165, 1.54) is 21.8 Å². The lowest BCUT2D eigenvalue weighted by molar-refractivity contribution is -0.116. The van der Waals surface area contributed by atoms with E-state index in [0.717, 1.165) is 10.8 Å². The maximum absolute atomic E-state index is 12.4. The van der Waals surface area contributed by atoms with Gasteiger partial charge in [0.05, 0.1) is 6.20 Å². The molecule has 0 bridgehead atoms. The van der Waals surface area contributed by atoms with Crippen LogP contribution in [0.5, 0.6) is 0 Å². The third-order valence-electron chi connectivity index (χ3n) is 4.10. The van der Waals surface area contributed by atoms with Gasteiger partial charge in [-0.25, -0.2) is 4.98 Å². The van der Waals surface area contributed by atoms with Crippen LogP contribution in [0.1, 0.15) is 0 Å². The molecule has 0 aliphatic carbocycles. The molecule has 4 rings (SSSR count). The van der Waals surface area contributed by atoms with E-state index < -0.39 is 0 Å². The first-order valence-corrected chi connectivity index (χ1v) is 7.78. The standard InChI is InChI=1S/C18H15N5O2/c1-22-17-14(9-20-22)18(25)23(11-19-17)10-16(24)21-15-8-4-6-12-5-2-3-7-13(12)15/h2-9,11H,10H2,1H3,(H,21,24). The van der Waals surface area contributed by atoms with Crippen LogP contribution in [-0.2, 0) is 18.4 Å². The fourth-order valence-corrected chi connectivity index (χ4v) is 2.86. The number of anilines is 1. The van der Waals surface area contributed by atoms with Crippen LogP contribution in [0.15, 0.2) is 59.8 Å². The van der Waals surface area contributed by atoms with E-state index in [4.69, 9.17) is 0 Å². The van der Waals surface area contributed by atoms with Gasteiger partial charge >= 0.3 is 0 Å². The molecule has 124 valence electrons. The third kappa shape index (κ3) is 2.65. The Kier molecular flexibility index (Phi) is 3.53. The van der Waals surface area contributed by atoms with E-state index in [2.05, 4.69) is 15.4 Å². The molecular formula is C18H15N5O2. The van der Waals surface area contributed by atoms with Crippen molar-refractivity contribution in [3.05, 3.63) is 65.3 Å². The highest BCUT2D eigenvalue weighted by molar-refractivity contribution is 6.02. The molecule has 0 saturated heterocycles. The summed E-state index contributed by atoms with van der Waals surface area (Å²) in [4.78, 5) is 29.0. The van der Waals surface area contributed by atoms with Gasteiger partial charge in [-0.05, 0) is 11.5 Å². The molecule has 25 heavy (non-hydrogen) atoms. The fourth-order valence-electron chi connectivity index (χ4n) is 2.86. The Morgan fingerprint density at radius 3 is 2.80 bits per heavy atom. The number of amides is 1. The van der Waals surface area contributed by atoms with Gasteiger partial charge in [-0.15, -0.1) is 0 Å². The lowest BCUT2D eigenvalue weighted by atomic mass is 10.1. The van der Waals surface area contributed by atoms with Crippen molar-refractivity contribution in [3.8, 4) is 0 Å². The molecule has 7 heteroatoms. The molecule has 0 aliphatic heterocycles. The topological polar surface area (TPSA) is 81.8 Å². The minimum atomic E-state index is -0.288. The Labute approximate surface area is 142 Å². The second-order valence-corrected chi connectivity index (χ2v) is 5.76. The molecule has 0 spiro atoms. The zero-order chi connectivity index (χ0) is 17.4. The largest absolute Gasteiger partial charge is 0.324 e. The number of fused-ring (bicyclic) bond motifs is 2. The van der Waals surface area contributed by atoms with Crippen LogP contribution in [0.25, 0.3) is 21.8 Å². The van der Waals surface area contributed by atoms with Crippen molar-refractivity contribution in [3.63, 3.8) is 0 Å². The number of hydrogen-bond acceptors (Lipinski definition) is 4. The number of aryl methyl sites for hydroxylation is 1. The van der Waals surface area contributed by atoms with Gasteiger partial charge in [0.2, 0.25) is 5.91 Å². The maximum atomic E-state index is 12.4. The van der Waals surface area contributed by atoms with Crippen molar-refractivity contribution in [2.24, 2.45) is 7.05 Å². The van der Waals surface area contributed by atoms with Gasteiger partial charge in [-0.1, -0.05) is 36.4 Å². The van der Waals surface area contributed by atoms with Crippen LogP contribution in [0.3, 0.4) is 0 Å². The number of hydrogen-bond donors (Lipinski definition) is 1. The highest BCUT2D eigenvalue weighted by Gasteiger charge is 2.11. The van der Waals surface area contributed by atoms with Crippen LogP contribution in [-0.4, -0.2) is 25.2 Å². The minimum absolute atomic E-state index is 0.111. The predicted octanol–water partition coefficient (Wildman–Crippen LogP) is 1.92. The highest BCUT2D eigenvalue weighted by atomic mass is 16.2. The van der Waals surface area contributed by atoms with Crippen LogP contribution < -0.4 is 10.9 Å². The number of nitrogens with zero attached hydrogens (tertiary/aromatic N) is 4. The van der Waals surface area contributed by atoms with E-state index in [0.29, 0.717) is 16.7 Å². The van der Waals surface area contributed by atoms with Gasteiger partial charge in [0.15, 0.2) is 5.65 Å². The smallest absolute Gasteiger partial charge is 0.264 e. The second-order valence-electron chi connectivity index (χ2n) is 5.76. The summed E-state index contributed by atoms with van der Waals surface area (Å²) >= 11 is 0. The van der Waals surface area contributed by atoms with Crippen LogP contribution >= 0.6 is 0 Å². The van der Waals surface area contributed by atoms with Crippen LogP contribution in [0.2, 0.25) is 0 Å². The summed E-state index contributed by atoms with van der Waals surface area (Å²) in [5.41, 5.74) is 0.924. The number of benzene rings is 2. The summed E-state index contributed by atoms with van der Waals surface area (Å²) < 4.78 is 2.81. The molecule has 0 fully saturated rings. The second kappa shape index (κ2) is 5.86. The molecule has 0 aliphatic rings. The van der Waals surface area contributed by atoms with Gasteiger partial charge in [0.25, 0.3) is 5.56 Å². The lowest BCUT2D eigenvalue weighted by Gasteiger charge is -2.10.